The summed E-state index contributed by atoms with van der Waals surface area (Å²) in [5.41, 5.74) is 2.77. The van der Waals surface area contributed by atoms with E-state index in [-0.39, 0.29) is 0 Å². The Morgan fingerprint density at radius 1 is 1.18 bits per heavy atom. The van der Waals surface area contributed by atoms with E-state index >= 15 is 0 Å². The quantitative estimate of drug-likeness (QED) is 0.534. The van der Waals surface area contributed by atoms with Gasteiger partial charge in [0.15, 0.2) is 0 Å². The summed E-state index contributed by atoms with van der Waals surface area (Å²) in [6.45, 7) is 10.2. The van der Waals surface area contributed by atoms with E-state index in [9.17, 15) is 0 Å². The standard InChI is InChI=1S/C11H18/c1-5-9-11(8-4)10(6-2)7-3/h5-6,9H,2,7-8H2,1,3-4H3. The predicted octanol–water partition coefficient (Wildman–Crippen LogP) is 3.87. The topological polar surface area (TPSA) is 0 Å². The smallest absolute Gasteiger partial charge is 0.0305 e. The Labute approximate surface area is 70.3 Å². The third-order valence-corrected chi connectivity index (χ3v) is 1.79. The SMILES string of the molecule is C=CC(CC)=C(C=CC)CC. The van der Waals surface area contributed by atoms with E-state index in [1.807, 2.05) is 13.0 Å². The van der Waals surface area contributed by atoms with Crippen LogP contribution < -0.4 is 0 Å². The van der Waals surface area contributed by atoms with Crippen LogP contribution in [0.25, 0.3) is 0 Å². The maximum absolute atomic E-state index is 3.79. The van der Waals surface area contributed by atoms with Gasteiger partial charge < -0.3 is 0 Å². The van der Waals surface area contributed by atoms with E-state index in [1.54, 1.807) is 0 Å². The van der Waals surface area contributed by atoms with Gasteiger partial charge in [0, 0.05) is 0 Å². The largest absolute Gasteiger partial charge is 0.0988 e. The van der Waals surface area contributed by atoms with Gasteiger partial charge in [0.05, 0.1) is 0 Å². The van der Waals surface area contributed by atoms with E-state index < -0.39 is 0 Å². The molecule has 0 amide bonds. The highest BCUT2D eigenvalue weighted by Gasteiger charge is 1.94. The van der Waals surface area contributed by atoms with Gasteiger partial charge in [0.1, 0.15) is 0 Å². The van der Waals surface area contributed by atoms with Crippen molar-refractivity contribution in [1.82, 2.24) is 0 Å². The van der Waals surface area contributed by atoms with Crippen molar-refractivity contribution >= 4 is 0 Å². The summed E-state index contributed by atoms with van der Waals surface area (Å²) < 4.78 is 0. The third-order valence-electron chi connectivity index (χ3n) is 1.79. The summed E-state index contributed by atoms with van der Waals surface area (Å²) in [4.78, 5) is 0. The first-order valence-electron chi connectivity index (χ1n) is 4.27. The second kappa shape index (κ2) is 5.96. The highest BCUT2D eigenvalue weighted by molar-refractivity contribution is 5.31. The van der Waals surface area contributed by atoms with Crippen molar-refractivity contribution in [2.24, 2.45) is 0 Å². The molecule has 0 aliphatic rings. The van der Waals surface area contributed by atoms with E-state index in [0.29, 0.717) is 0 Å². The Morgan fingerprint density at radius 2 is 1.73 bits per heavy atom. The van der Waals surface area contributed by atoms with Gasteiger partial charge in [-0.2, -0.15) is 0 Å². The zero-order valence-corrected chi connectivity index (χ0v) is 7.85. The van der Waals surface area contributed by atoms with Crippen LogP contribution in [-0.2, 0) is 0 Å². The summed E-state index contributed by atoms with van der Waals surface area (Å²) in [7, 11) is 0. The summed E-state index contributed by atoms with van der Waals surface area (Å²) in [6, 6.07) is 0. The highest BCUT2D eigenvalue weighted by Crippen LogP contribution is 2.14. The average molecular weight is 150 g/mol. The fraction of sp³-hybridized carbons (Fsp3) is 0.455. The molecule has 0 aliphatic carbocycles. The molecule has 0 atom stereocenters. The number of rotatable bonds is 4. The van der Waals surface area contributed by atoms with Gasteiger partial charge in [-0.15, -0.1) is 0 Å². The maximum Gasteiger partial charge on any atom is -0.0305 e. The van der Waals surface area contributed by atoms with Crippen LogP contribution in [0.4, 0.5) is 0 Å². The van der Waals surface area contributed by atoms with Crippen LogP contribution >= 0.6 is 0 Å². The van der Waals surface area contributed by atoms with Crippen LogP contribution in [0.3, 0.4) is 0 Å². The molecule has 0 saturated heterocycles. The minimum Gasteiger partial charge on any atom is -0.0988 e. The van der Waals surface area contributed by atoms with Crippen LogP contribution in [0, 0.1) is 0 Å². The number of hydrogen-bond donors (Lipinski definition) is 0. The Bertz CT molecular complexity index is 170. The second-order valence-corrected chi connectivity index (χ2v) is 2.46. The van der Waals surface area contributed by atoms with Crippen molar-refractivity contribution in [2.75, 3.05) is 0 Å². The monoisotopic (exact) mass is 150 g/mol. The summed E-state index contributed by atoms with van der Waals surface area (Å²) in [5.74, 6) is 0. The summed E-state index contributed by atoms with van der Waals surface area (Å²) >= 11 is 0. The van der Waals surface area contributed by atoms with Crippen LogP contribution in [0.5, 0.6) is 0 Å². The molecule has 11 heavy (non-hydrogen) atoms. The molecular formula is C11H18. The fourth-order valence-corrected chi connectivity index (χ4v) is 1.16. The molecule has 0 unspecified atom stereocenters. The molecule has 0 saturated carbocycles. The highest BCUT2D eigenvalue weighted by atomic mass is 14.0. The molecule has 0 bridgehead atoms. The molecule has 0 rings (SSSR count). The van der Waals surface area contributed by atoms with E-state index in [1.165, 1.54) is 11.1 Å². The van der Waals surface area contributed by atoms with Gasteiger partial charge in [-0.3, -0.25) is 0 Å². The lowest BCUT2D eigenvalue weighted by Crippen LogP contribution is -1.83. The van der Waals surface area contributed by atoms with Crippen LogP contribution in [0.2, 0.25) is 0 Å². The third kappa shape index (κ3) is 3.22. The van der Waals surface area contributed by atoms with Crippen molar-refractivity contribution in [2.45, 2.75) is 33.6 Å². The molecule has 0 aliphatic heterocycles. The summed E-state index contributed by atoms with van der Waals surface area (Å²) in [6.07, 6.45) is 8.38. The van der Waals surface area contributed by atoms with Crippen LogP contribution in [-0.4, -0.2) is 0 Å². The normalized spacial score (nSPS) is 13.4. The Balaban J connectivity index is 4.61. The van der Waals surface area contributed by atoms with Crippen LogP contribution in [0.15, 0.2) is 36.0 Å². The van der Waals surface area contributed by atoms with Crippen molar-refractivity contribution in [1.29, 1.82) is 0 Å². The molecule has 0 heteroatoms. The minimum absolute atomic E-state index is 1.08. The Hall–Kier alpha value is -0.780. The van der Waals surface area contributed by atoms with E-state index in [0.717, 1.165) is 12.8 Å². The van der Waals surface area contributed by atoms with Crippen molar-refractivity contribution in [3.05, 3.63) is 36.0 Å². The van der Waals surface area contributed by atoms with E-state index in [4.69, 9.17) is 0 Å². The van der Waals surface area contributed by atoms with Crippen molar-refractivity contribution in [3.8, 4) is 0 Å². The van der Waals surface area contributed by atoms with Gasteiger partial charge in [0.25, 0.3) is 0 Å². The van der Waals surface area contributed by atoms with Gasteiger partial charge in [-0.05, 0) is 30.9 Å². The lowest BCUT2D eigenvalue weighted by atomic mass is 10.0. The molecule has 0 aromatic rings. The first kappa shape index (κ1) is 10.2. The molecule has 0 aromatic carbocycles. The molecule has 0 aromatic heterocycles. The Morgan fingerprint density at radius 3 is 2.00 bits per heavy atom. The molecule has 0 N–H and O–H groups in total. The molecule has 0 radical (unpaired) electrons. The predicted molar refractivity (Wildman–Crippen MR) is 52.6 cm³/mol. The van der Waals surface area contributed by atoms with Crippen LogP contribution in [0.1, 0.15) is 33.6 Å². The molecule has 0 nitrogen and oxygen atoms in total. The maximum atomic E-state index is 3.79. The fourth-order valence-electron chi connectivity index (χ4n) is 1.16. The van der Waals surface area contributed by atoms with Crippen molar-refractivity contribution < 1.29 is 0 Å². The molecule has 0 spiro atoms. The first-order chi connectivity index (χ1) is 5.29. The van der Waals surface area contributed by atoms with Gasteiger partial charge in [0.2, 0.25) is 0 Å². The zero-order chi connectivity index (χ0) is 8.69. The zero-order valence-electron chi connectivity index (χ0n) is 7.85. The molecule has 0 heterocycles. The van der Waals surface area contributed by atoms with Gasteiger partial charge in [-0.25, -0.2) is 0 Å². The van der Waals surface area contributed by atoms with Gasteiger partial charge >= 0.3 is 0 Å². The molecule has 0 fully saturated rings. The second-order valence-electron chi connectivity index (χ2n) is 2.46. The lowest BCUT2D eigenvalue weighted by molar-refractivity contribution is 1.05. The van der Waals surface area contributed by atoms with E-state index in [2.05, 4.69) is 32.6 Å². The molecular weight excluding hydrogens is 132 g/mol. The van der Waals surface area contributed by atoms with Crippen molar-refractivity contribution in [3.63, 3.8) is 0 Å². The Kier molecular flexibility index (Phi) is 5.54. The molecule has 62 valence electrons. The lowest BCUT2D eigenvalue weighted by Gasteiger charge is -2.03. The van der Waals surface area contributed by atoms with Gasteiger partial charge in [-0.1, -0.05) is 38.7 Å². The summed E-state index contributed by atoms with van der Waals surface area (Å²) in [5, 5.41) is 0. The number of allylic oxidation sites excluding steroid dienone is 5. The number of hydrogen-bond acceptors (Lipinski definition) is 0. The first-order valence-corrected chi connectivity index (χ1v) is 4.27. The minimum atomic E-state index is 1.08. The average Bonchev–Trinajstić information content (AvgIpc) is 2.05.